The lowest BCUT2D eigenvalue weighted by atomic mass is 10.1. The highest BCUT2D eigenvalue weighted by atomic mass is 35.5. The van der Waals surface area contributed by atoms with Crippen LogP contribution in [0.4, 0.5) is 11.6 Å². The molecule has 8 heteroatoms. The normalized spacial score (nSPS) is 13.4. The van der Waals surface area contributed by atoms with Crippen LogP contribution in [0.2, 0.25) is 5.02 Å². The highest BCUT2D eigenvalue weighted by molar-refractivity contribution is 6.30. The van der Waals surface area contributed by atoms with E-state index in [2.05, 4.69) is 20.5 Å². The summed E-state index contributed by atoms with van der Waals surface area (Å²) in [5, 5.41) is 11.9. The van der Waals surface area contributed by atoms with Gasteiger partial charge in [0, 0.05) is 39.8 Å². The van der Waals surface area contributed by atoms with E-state index in [9.17, 15) is 4.79 Å². The number of hydrogen-bond acceptors (Lipinski definition) is 6. The average Bonchev–Trinajstić information content (AvgIpc) is 2.61. The van der Waals surface area contributed by atoms with Gasteiger partial charge < -0.3 is 15.1 Å². The molecule has 3 rings (SSSR count). The van der Waals surface area contributed by atoms with Crippen LogP contribution in [0.15, 0.2) is 24.4 Å². The van der Waals surface area contributed by atoms with Crippen molar-refractivity contribution in [3.63, 3.8) is 0 Å². The third-order valence-electron chi connectivity index (χ3n) is 4.02. The maximum atomic E-state index is 12.6. The number of fused-ring (bicyclic) bond motifs is 1. The van der Waals surface area contributed by atoms with Gasteiger partial charge in [-0.05, 0) is 23.8 Å². The summed E-state index contributed by atoms with van der Waals surface area (Å²) < 4.78 is 0. The lowest BCUT2D eigenvalue weighted by Gasteiger charge is -2.30. The maximum absolute atomic E-state index is 12.6. The van der Waals surface area contributed by atoms with Gasteiger partial charge in [0.15, 0.2) is 0 Å². The van der Waals surface area contributed by atoms with Gasteiger partial charge in [-0.1, -0.05) is 11.6 Å². The van der Waals surface area contributed by atoms with Crippen molar-refractivity contribution < 1.29 is 4.79 Å². The minimum Gasteiger partial charge on any atom is -0.372 e. The summed E-state index contributed by atoms with van der Waals surface area (Å²) in [4.78, 5) is 20.5. The Hall–Kier alpha value is -2.41. The molecule has 0 aromatic carbocycles. The molecule has 1 aliphatic rings. The van der Waals surface area contributed by atoms with Crippen LogP contribution in [0, 0.1) is 0 Å². The zero-order valence-electron chi connectivity index (χ0n) is 13.7. The second kappa shape index (κ2) is 7.00. The number of pyridine rings is 1. The van der Waals surface area contributed by atoms with Gasteiger partial charge in [0.1, 0.15) is 11.6 Å². The van der Waals surface area contributed by atoms with Crippen molar-refractivity contribution in [3.8, 4) is 0 Å². The zero-order chi connectivity index (χ0) is 17.1. The standard InChI is InChI=1S/C16H19ClN6O/c1-18-14-7-11-9-23(6-5-13(11)20-21-14)16(24)10-22(2)15-4-3-12(17)8-19-15/h3-4,7-8H,5-6,9-10H2,1-2H3,(H,18,21). The number of aromatic nitrogens is 3. The first-order valence-corrected chi connectivity index (χ1v) is 8.08. The minimum absolute atomic E-state index is 0.0581. The molecule has 126 valence electrons. The van der Waals surface area contributed by atoms with Gasteiger partial charge in [0.25, 0.3) is 0 Å². The number of likely N-dealkylation sites (N-methyl/N-ethyl adjacent to an activating group) is 1. The monoisotopic (exact) mass is 346 g/mol. The van der Waals surface area contributed by atoms with Crippen LogP contribution >= 0.6 is 11.6 Å². The van der Waals surface area contributed by atoms with E-state index in [1.54, 1.807) is 25.4 Å². The molecule has 0 bridgehead atoms. The molecule has 0 atom stereocenters. The SMILES string of the molecule is CNc1cc2c(nn1)CCN(C(=O)CN(C)c1ccc(Cl)cn1)C2. The molecule has 24 heavy (non-hydrogen) atoms. The Balaban J connectivity index is 1.66. The predicted molar refractivity (Wildman–Crippen MR) is 93.2 cm³/mol. The summed E-state index contributed by atoms with van der Waals surface area (Å²) in [5.74, 6) is 1.49. The summed E-state index contributed by atoms with van der Waals surface area (Å²) in [6.07, 6.45) is 2.30. The van der Waals surface area contributed by atoms with Crippen LogP contribution in [0.5, 0.6) is 0 Å². The van der Waals surface area contributed by atoms with Crippen molar-refractivity contribution in [2.45, 2.75) is 13.0 Å². The molecule has 2 aromatic heterocycles. The van der Waals surface area contributed by atoms with Gasteiger partial charge >= 0.3 is 0 Å². The first-order valence-electron chi connectivity index (χ1n) is 7.70. The van der Waals surface area contributed by atoms with E-state index >= 15 is 0 Å². The van der Waals surface area contributed by atoms with Crippen LogP contribution in [0.1, 0.15) is 11.3 Å². The Labute approximate surface area is 145 Å². The number of rotatable bonds is 4. The van der Waals surface area contributed by atoms with E-state index in [4.69, 9.17) is 11.6 Å². The molecule has 2 aromatic rings. The number of hydrogen-bond donors (Lipinski definition) is 1. The van der Waals surface area contributed by atoms with Crippen molar-refractivity contribution in [3.05, 3.63) is 40.7 Å². The third kappa shape index (κ3) is 3.56. The van der Waals surface area contributed by atoms with E-state index in [0.717, 1.165) is 17.7 Å². The molecule has 0 fully saturated rings. The fourth-order valence-corrected chi connectivity index (χ4v) is 2.75. The van der Waals surface area contributed by atoms with E-state index < -0.39 is 0 Å². The summed E-state index contributed by atoms with van der Waals surface area (Å²) in [6.45, 7) is 1.48. The Bertz CT molecular complexity index is 736. The Kier molecular flexibility index (Phi) is 4.80. The topological polar surface area (TPSA) is 74.2 Å². The highest BCUT2D eigenvalue weighted by Gasteiger charge is 2.23. The molecule has 1 aliphatic heterocycles. The van der Waals surface area contributed by atoms with Gasteiger partial charge in [-0.3, -0.25) is 4.79 Å². The zero-order valence-corrected chi connectivity index (χ0v) is 14.4. The van der Waals surface area contributed by atoms with Crippen LogP contribution in [0.25, 0.3) is 0 Å². The molecular formula is C16H19ClN6O. The van der Waals surface area contributed by atoms with Crippen molar-refractivity contribution >= 4 is 29.1 Å². The molecule has 0 spiro atoms. The summed E-state index contributed by atoms with van der Waals surface area (Å²) in [5.41, 5.74) is 2.01. The van der Waals surface area contributed by atoms with Crippen LogP contribution in [0.3, 0.4) is 0 Å². The fraction of sp³-hybridized carbons (Fsp3) is 0.375. The molecule has 0 radical (unpaired) electrons. The van der Waals surface area contributed by atoms with Gasteiger partial charge in [-0.15, -0.1) is 5.10 Å². The molecule has 0 unspecified atom stereocenters. The van der Waals surface area contributed by atoms with Crippen molar-refractivity contribution in [2.75, 3.05) is 37.4 Å². The summed E-state index contributed by atoms with van der Waals surface area (Å²) in [7, 11) is 3.65. The highest BCUT2D eigenvalue weighted by Crippen LogP contribution is 2.19. The molecule has 1 amide bonds. The lowest BCUT2D eigenvalue weighted by molar-refractivity contribution is -0.130. The largest absolute Gasteiger partial charge is 0.372 e. The van der Waals surface area contributed by atoms with Crippen molar-refractivity contribution in [1.82, 2.24) is 20.1 Å². The van der Waals surface area contributed by atoms with E-state index in [0.29, 0.717) is 29.7 Å². The van der Waals surface area contributed by atoms with Crippen LogP contribution in [-0.4, -0.2) is 53.2 Å². The number of nitrogens with zero attached hydrogens (tertiary/aromatic N) is 5. The quantitative estimate of drug-likeness (QED) is 0.906. The smallest absolute Gasteiger partial charge is 0.242 e. The predicted octanol–water partition coefficient (Wildman–Crippen LogP) is 1.59. The van der Waals surface area contributed by atoms with Crippen LogP contribution in [-0.2, 0) is 17.8 Å². The second-order valence-electron chi connectivity index (χ2n) is 5.71. The third-order valence-corrected chi connectivity index (χ3v) is 4.25. The first kappa shape index (κ1) is 16.4. The number of nitrogens with one attached hydrogen (secondary N) is 1. The van der Waals surface area contributed by atoms with Gasteiger partial charge in [0.2, 0.25) is 5.91 Å². The molecule has 0 saturated carbocycles. The van der Waals surface area contributed by atoms with Crippen molar-refractivity contribution in [2.24, 2.45) is 0 Å². The molecule has 0 saturated heterocycles. The number of anilines is 2. The Morgan fingerprint density at radius 1 is 1.42 bits per heavy atom. The molecule has 3 heterocycles. The van der Waals surface area contributed by atoms with Crippen molar-refractivity contribution in [1.29, 1.82) is 0 Å². The number of carbonyl (C=O) groups is 1. The molecular weight excluding hydrogens is 328 g/mol. The van der Waals surface area contributed by atoms with Gasteiger partial charge in [-0.2, -0.15) is 5.10 Å². The molecule has 1 N–H and O–H groups in total. The summed E-state index contributed by atoms with van der Waals surface area (Å²) in [6, 6.07) is 5.52. The molecule has 7 nitrogen and oxygen atoms in total. The average molecular weight is 347 g/mol. The van der Waals surface area contributed by atoms with E-state index in [1.807, 2.05) is 22.9 Å². The first-order chi connectivity index (χ1) is 11.6. The van der Waals surface area contributed by atoms with E-state index in [1.165, 1.54) is 0 Å². The minimum atomic E-state index is 0.0581. The van der Waals surface area contributed by atoms with E-state index in [-0.39, 0.29) is 12.5 Å². The Morgan fingerprint density at radius 2 is 2.25 bits per heavy atom. The van der Waals surface area contributed by atoms with Gasteiger partial charge in [-0.25, -0.2) is 4.98 Å². The summed E-state index contributed by atoms with van der Waals surface area (Å²) >= 11 is 5.84. The number of halogens is 1. The van der Waals surface area contributed by atoms with Crippen LogP contribution < -0.4 is 10.2 Å². The fourth-order valence-electron chi connectivity index (χ4n) is 2.64. The number of amides is 1. The second-order valence-corrected chi connectivity index (χ2v) is 6.14. The molecule has 0 aliphatic carbocycles. The maximum Gasteiger partial charge on any atom is 0.242 e. The number of carbonyl (C=O) groups excluding carboxylic acids is 1. The lowest BCUT2D eigenvalue weighted by Crippen LogP contribution is -2.42. The van der Waals surface area contributed by atoms with Gasteiger partial charge in [0.05, 0.1) is 17.3 Å². The Morgan fingerprint density at radius 3 is 2.96 bits per heavy atom.